The van der Waals surface area contributed by atoms with Gasteiger partial charge in [0.05, 0.1) is 23.7 Å². The number of ether oxygens (including phenoxy) is 2. The Kier molecular flexibility index (Phi) is 8.79. The SMILES string of the molecule is C=CCc1cc(C=Nn2c(C(C)C)nc3ccc(Br)cc3c2=O)cc(OCC)c1OCc1ccc(C)cc1. The van der Waals surface area contributed by atoms with Gasteiger partial charge < -0.3 is 9.47 Å². The fraction of sp³-hybridized carbons (Fsp3) is 0.258. The lowest BCUT2D eigenvalue weighted by Gasteiger charge is -2.17. The third-order valence-electron chi connectivity index (χ3n) is 5.99. The van der Waals surface area contributed by atoms with E-state index in [0.717, 1.165) is 21.2 Å². The van der Waals surface area contributed by atoms with Crippen molar-refractivity contribution in [1.82, 2.24) is 9.66 Å². The minimum absolute atomic E-state index is 0.000703. The molecule has 0 amide bonds. The second-order valence-electron chi connectivity index (χ2n) is 9.36. The number of hydrogen-bond acceptors (Lipinski definition) is 5. The van der Waals surface area contributed by atoms with E-state index >= 15 is 0 Å². The summed E-state index contributed by atoms with van der Waals surface area (Å²) in [6, 6.07) is 17.6. The van der Waals surface area contributed by atoms with Crippen molar-refractivity contribution >= 4 is 33.0 Å². The molecule has 0 spiro atoms. The van der Waals surface area contributed by atoms with Crippen LogP contribution in [0.5, 0.6) is 11.5 Å². The minimum Gasteiger partial charge on any atom is -0.490 e. The van der Waals surface area contributed by atoms with E-state index in [2.05, 4.69) is 58.8 Å². The van der Waals surface area contributed by atoms with E-state index in [1.165, 1.54) is 10.2 Å². The first-order chi connectivity index (χ1) is 18.3. The zero-order valence-corrected chi connectivity index (χ0v) is 23.8. The first-order valence-corrected chi connectivity index (χ1v) is 13.5. The zero-order valence-electron chi connectivity index (χ0n) is 22.2. The highest BCUT2D eigenvalue weighted by Crippen LogP contribution is 2.34. The zero-order chi connectivity index (χ0) is 27.2. The number of rotatable bonds is 10. The van der Waals surface area contributed by atoms with Crippen LogP contribution in [0, 0.1) is 6.92 Å². The molecule has 1 heterocycles. The highest BCUT2D eigenvalue weighted by Gasteiger charge is 2.16. The van der Waals surface area contributed by atoms with E-state index in [4.69, 9.17) is 14.5 Å². The van der Waals surface area contributed by atoms with Gasteiger partial charge in [-0.15, -0.1) is 6.58 Å². The van der Waals surface area contributed by atoms with Crippen molar-refractivity contribution in [3.8, 4) is 11.5 Å². The van der Waals surface area contributed by atoms with E-state index in [1.54, 1.807) is 12.3 Å². The summed E-state index contributed by atoms with van der Waals surface area (Å²) in [5, 5.41) is 5.09. The van der Waals surface area contributed by atoms with Crippen molar-refractivity contribution in [2.24, 2.45) is 5.10 Å². The van der Waals surface area contributed by atoms with Gasteiger partial charge in [-0.1, -0.05) is 65.7 Å². The van der Waals surface area contributed by atoms with Crippen molar-refractivity contribution < 1.29 is 9.47 Å². The Labute approximate surface area is 231 Å². The summed E-state index contributed by atoms with van der Waals surface area (Å²) in [6.07, 6.45) is 4.09. The molecule has 0 fully saturated rings. The van der Waals surface area contributed by atoms with Crippen LogP contribution >= 0.6 is 15.9 Å². The third-order valence-corrected chi connectivity index (χ3v) is 6.49. The number of halogens is 1. The molecule has 3 aromatic carbocycles. The predicted molar refractivity (Wildman–Crippen MR) is 158 cm³/mol. The molecule has 0 bridgehead atoms. The standard InChI is InChI=1S/C31H32BrN3O3/c1-6-8-24-15-23(16-28(37-7-2)29(24)38-19-22-11-9-21(5)10-12-22)18-33-35-30(20(3)4)34-27-14-13-25(32)17-26(27)31(35)36/h6,9-18,20H,1,7-8,19H2,2-5H3. The van der Waals surface area contributed by atoms with Crippen LogP contribution in [0.3, 0.4) is 0 Å². The highest BCUT2D eigenvalue weighted by molar-refractivity contribution is 9.10. The van der Waals surface area contributed by atoms with Crippen molar-refractivity contribution in [3.63, 3.8) is 0 Å². The Morgan fingerprint density at radius 2 is 1.87 bits per heavy atom. The molecule has 0 saturated heterocycles. The van der Waals surface area contributed by atoms with Crippen LogP contribution in [0.25, 0.3) is 10.9 Å². The smallest absolute Gasteiger partial charge is 0.282 e. The average molecular weight is 575 g/mol. The molecule has 7 heteroatoms. The topological polar surface area (TPSA) is 65.7 Å². The van der Waals surface area contributed by atoms with Crippen molar-refractivity contribution in [3.05, 3.63) is 110 Å². The summed E-state index contributed by atoms with van der Waals surface area (Å²) in [5.74, 6) is 1.90. The largest absolute Gasteiger partial charge is 0.490 e. The number of aryl methyl sites for hydroxylation is 1. The molecule has 0 unspecified atom stereocenters. The molecular formula is C31H32BrN3O3. The fourth-order valence-corrected chi connectivity index (χ4v) is 4.47. The second kappa shape index (κ2) is 12.2. The molecule has 0 aliphatic rings. The Balaban J connectivity index is 1.75. The van der Waals surface area contributed by atoms with E-state index in [0.29, 0.717) is 47.9 Å². The van der Waals surface area contributed by atoms with Crippen LogP contribution in [0.1, 0.15) is 54.8 Å². The Hall–Kier alpha value is -3.71. The summed E-state index contributed by atoms with van der Waals surface area (Å²) in [6.45, 7) is 12.8. The molecule has 6 nitrogen and oxygen atoms in total. The van der Waals surface area contributed by atoms with E-state index in [9.17, 15) is 4.79 Å². The maximum atomic E-state index is 13.4. The normalized spacial score (nSPS) is 11.4. The number of allylic oxidation sites excluding steroid dienone is 1. The lowest BCUT2D eigenvalue weighted by atomic mass is 10.1. The Morgan fingerprint density at radius 1 is 1.11 bits per heavy atom. The molecule has 0 N–H and O–H groups in total. The van der Waals surface area contributed by atoms with Gasteiger partial charge in [-0.2, -0.15) is 9.78 Å². The van der Waals surface area contributed by atoms with E-state index < -0.39 is 0 Å². The van der Waals surface area contributed by atoms with Gasteiger partial charge in [0.2, 0.25) is 0 Å². The predicted octanol–water partition coefficient (Wildman–Crippen LogP) is 7.18. The number of nitrogens with zero attached hydrogens (tertiary/aromatic N) is 3. The van der Waals surface area contributed by atoms with Gasteiger partial charge in [0.15, 0.2) is 11.5 Å². The monoisotopic (exact) mass is 573 g/mol. The van der Waals surface area contributed by atoms with Crippen LogP contribution in [-0.2, 0) is 13.0 Å². The molecular weight excluding hydrogens is 542 g/mol. The molecule has 0 aliphatic carbocycles. The summed E-state index contributed by atoms with van der Waals surface area (Å²) < 4.78 is 14.4. The molecule has 196 valence electrons. The molecule has 4 rings (SSSR count). The third kappa shape index (κ3) is 6.22. The molecule has 0 aliphatic heterocycles. The highest BCUT2D eigenvalue weighted by atomic mass is 79.9. The van der Waals surface area contributed by atoms with Gasteiger partial charge >= 0.3 is 0 Å². The number of fused-ring (bicyclic) bond motifs is 1. The summed E-state index contributed by atoms with van der Waals surface area (Å²) >= 11 is 3.45. The molecule has 0 radical (unpaired) electrons. The number of hydrogen-bond donors (Lipinski definition) is 0. The molecule has 38 heavy (non-hydrogen) atoms. The van der Waals surface area contributed by atoms with Crippen molar-refractivity contribution in [2.45, 2.75) is 46.6 Å². The van der Waals surface area contributed by atoms with Crippen LogP contribution in [0.2, 0.25) is 0 Å². The van der Waals surface area contributed by atoms with Crippen molar-refractivity contribution in [2.75, 3.05) is 6.61 Å². The molecule has 0 saturated carbocycles. The van der Waals surface area contributed by atoms with Gasteiger partial charge in [-0.3, -0.25) is 4.79 Å². The summed E-state index contributed by atoms with van der Waals surface area (Å²) in [4.78, 5) is 18.1. The summed E-state index contributed by atoms with van der Waals surface area (Å²) in [7, 11) is 0. The number of aromatic nitrogens is 2. The van der Waals surface area contributed by atoms with E-state index in [1.807, 2.05) is 51.1 Å². The van der Waals surface area contributed by atoms with Gasteiger partial charge in [-0.25, -0.2) is 4.98 Å². The minimum atomic E-state index is -0.217. The lowest BCUT2D eigenvalue weighted by molar-refractivity contribution is 0.267. The van der Waals surface area contributed by atoms with Crippen molar-refractivity contribution in [1.29, 1.82) is 0 Å². The van der Waals surface area contributed by atoms with Crippen LogP contribution in [0.4, 0.5) is 0 Å². The first kappa shape index (κ1) is 27.3. The number of benzene rings is 3. The maximum Gasteiger partial charge on any atom is 0.282 e. The van der Waals surface area contributed by atoms with Gasteiger partial charge in [0.25, 0.3) is 5.56 Å². The van der Waals surface area contributed by atoms with Crippen LogP contribution in [-0.4, -0.2) is 22.5 Å². The average Bonchev–Trinajstić information content (AvgIpc) is 2.89. The summed E-state index contributed by atoms with van der Waals surface area (Å²) in [5.41, 5.74) is 4.42. The van der Waals surface area contributed by atoms with Gasteiger partial charge in [0.1, 0.15) is 12.4 Å². The van der Waals surface area contributed by atoms with Gasteiger partial charge in [0, 0.05) is 16.0 Å². The molecule has 4 aromatic rings. The lowest BCUT2D eigenvalue weighted by Crippen LogP contribution is -2.23. The maximum absolute atomic E-state index is 13.4. The quantitative estimate of drug-likeness (QED) is 0.149. The van der Waals surface area contributed by atoms with E-state index in [-0.39, 0.29) is 11.5 Å². The Bertz CT molecular complexity index is 1540. The Morgan fingerprint density at radius 3 is 2.55 bits per heavy atom. The van der Waals surface area contributed by atoms with Gasteiger partial charge in [-0.05, 0) is 61.7 Å². The molecule has 0 atom stereocenters. The van der Waals surface area contributed by atoms with Crippen LogP contribution < -0.4 is 15.0 Å². The second-order valence-corrected chi connectivity index (χ2v) is 10.3. The molecule has 1 aromatic heterocycles. The fourth-order valence-electron chi connectivity index (χ4n) is 4.11. The first-order valence-electron chi connectivity index (χ1n) is 12.7. The van der Waals surface area contributed by atoms with Crippen LogP contribution in [0.15, 0.2) is 81.6 Å².